The predicted molar refractivity (Wildman–Crippen MR) is 55.1 cm³/mol. The molecule has 0 aromatic rings. The minimum absolute atomic E-state index is 0.101. The first-order valence-corrected chi connectivity index (χ1v) is 5.39. The van der Waals surface area contributed by atoms with Gasteiger partial charge in [-0.25, -0.2) is 0 Å². The van der Waals surface area contributed by atoms with Crippen LogP contribution >= 0.6 is 0 Å². The number of allylic oxidation sites excluding steroid dienone is 1. The maximum Gasteiger partial charge on any atom is 0.313 e. The van der Waals surface area contributed by atoms with Gasteiger partial charge in [0.15, 0.2) is 0 Å². The summed E-state index contributed by atoms with van der Waals surface area (Å²) in [5.41, 5.74) is -0.369. The molecule has 3 atom stereocenters. The molecule has 0 N–H and O–H groups in total. The predicted octanol–water partition coefficient (Wildman–Crippen LogP) is 1.86. The molecule has 0 radical (unpaired) electrons. The summed E-state index contributed by atoms with van der Waals surface area (Å²) < 4.78 is 5.43. The molecule has 2 rings (SSSR count). The lowest BCUT2D eigenvalue weighted by atomic mass is 9.90. The summed E-state index contributed by atoms with van der Waals surface area (Å²) in [7, 11) is 0. The van der Waals surface area contributed by atoms with E-state index in [0.29, 0.717) is 11.8 Å². The van der Waals surface area contributed by atoms with E-state index in [1.165, 1.54) is 6.92 Å². The van der Waals surface area contributed by atoms with Crippen LogP contribution in [-0.2, 0) is 14.3 Å². The molecular formula is C12H16O3. The van der Waals surface area contributed by atoms with Crippen LogP contribution in [0.5, 0.6) is 0 Å². The Morgan fingerprint density at radius 3 is 2.67 bits per heavy atom. The molecule has 0 aromatic carbocycles. The third kappa shape index (κ3) is 1.96. The van der Waals surface area contributed by atoms with Crippen LogP contribution < -0.4 is 0 Å². The highest BCUT2D eigenvalue weighted by Gasteiger charge is 2.47. The highest BCUT2D eigenvalue weighted by atomic mass is 16.6. The Bertz CT molecular complexity index is 332. The van der Waals surface area contributed by atoms with E-state index in [-0.39, 0.29) is 23.8 Å². The quantitative estimate of drug-likeness (QED) is 0.404. The van der Waals surface area contributed by atoms with Crippen molar-refractivity contribution in [2.24, 2.45) is 11.8 Å². The van der Waals surface area contributed by atoms with Gasteiger partial charge in [0.2, 0.25) is 0 Å². The van der Waals surface area contributed by atoms with Crippen molar-refractivity contribution in [2.45, 2.75) is 38.7 Å². The fourth-order valence-corrected chi connectivity index (χ4v) is 2.67. The number of fused-ring (bicyclic) bond motifs is 2. The van der Waals surface area contributed by atoms with Crippen LogP contribution in [0.3, 0.4) is 0 Å². The molecule has 0 unspecified atom stereocenters. The second kappa shape index (κ2) is 3.47. The van der Waals surface area contributed by atoms with Crippen LogP contribution in [0.4, 0.5) is 0 Å². The number of esters is 1. The van der Waals surface area contributed by atoms with Crippen LogP contribution in [0, 0.1) is 11.8 Å². The van der Waals surface area contributed by atoms with Crippen molar-refractivity contribution in [3.05, 3.63) is 12.2 Å². The lowest BCUT2D eigenvalue weighted by Crippen LogP contribution is -2.36. The highest BCUT2D eigenvalue weighted by molar-refractivity contribution is 5.94. The van der Waals surface area contributed by atoms with Crippen LogP contribution in [0.2, 0.25) is 0 Å². The molecule has 0 spiro atoms. The summed E-state index contributed by atoms with van der Waals surface area (Å²) in [4.78, 5) is 22.2. The summed E-state index contributed by atoms with van der Waals surface area (Å²) in [5, 5.41) is 0. The summed E-state index contributed by atoms with van der Waals surface area (Å²) >= 11 is 0. The van der Waals surface area contributed by atoms with E-state index in [1.54, 1.807) is 0 Å². The Morgan fingerprint density at radius 1 is 1.47 bits per heavy atom. The minimum Gasteiger partial charge on any atom is -0.458 e. The SMILES string of the molecule is CC(=O)CC(=O)O[C@@]1(C)C[C@H]2C=C[C@H]1C2. The molecule has 15 heavy (non-hydrogen) atoms. The number of rotatable bonds is 3. The molecule has 0 heterocycles. The van der Waals surface area contributed by atoms with Gasteiger partial charge in [0.1, 0.15) is 17.8 Å². The van der Waals surface area contributed by atoms with Crippen LogP contribution in [0.25, 0.3) is 0 Å². The molecule has 0 amide bonds. The van der Waals surface area contributed by atoms with E-state index in [1.807, 2.05) is 6.92 Å². The first-order chi connectivity index (χ1) is 6.99. The summed E-state index contributed by atoms with van der Waals surface area (Å²) in [6.07, 6.45) is 6.22. The van der Waals surface area contributed by atoms with Crippen molar-refractivity contribution < 1.29 is 14.3 Å². The lowest BCUT2D eigenvalue weighted by molar-refractivity contribution is -0.161. The number of hydrogen-bond acceptors (Lipinski definition) is 3. The molecule has 1 fully saturated rings. The van der Waals surface area contributed by atoms with Crippen LogP contribution in [0.15, 0.2) is 12.2 Å². The lowest BCUT2D eigenvalue weighted by Gasteiger charge is -2.31. The van der Waals surface area contributed by atoms with Gasteiger partial charge >= 0.3 is 5.97 Å². The molecule has 3 heteroatoms. The Labute approximate surface area is 89.5 Å². The van der Waals surface area contributed by atoms with Gasteiger partial charge < -0.3 is 4.74 Å². The Hall–Kier alpha value is -1.12. The number of hydrogen-bond donors (Lipinski definition) is 0. The van der Waals surface area contributed by atoms with E-state index >= 15 is 0 Å². The van der Waals surface area contributed by atoms with Gasteiger partial charge in [-0.1, -0.05) is 12.2 Å². The first kappa shape index (κ1) is 10.4. The molecule has 82 valence electrons. The number of Topliss-reactive ketones (excluding diaryl/α,β-unsaturated/α-hetero) is 1. The summed E-state index contributed by atoms with van der Waals surface area (Å²) in [5.74, 6) is 0.386. The van der Waals surface area contributed by atoms with Crippen LogP contribution in [-0.4, -0.2) is 17.4 Å². The smallest absolute Gasteiger partial charge is 0.313 e. The summed E-state index contributed by atoms with van der Waals surface area (Å²) in [6, 6.07) is 0. The van der Waals surface area contributed by atoms with Gasteiger partial charge in [-0.2, -0.15) is 0 Å². The molecule has 2 bridgehead atoms. The second-order valence-electron chi connectivity index (χ2n) is 4.86. The molecule has 2 aliphatic rings. The number of ether oxygens (including phenoxy) is 1. The zero-order chi connectivity index (χ0) is 11.1. The standard InChI is InChI=1S/C12H16O3/c1-8(13)5-11(14)15-12(2)7-9-3-4-10(12)6-9/h3-4,9-10H,5-7H2,1-2H3/t9-,10-,12-/m0/s1. The van der Waals surface area contributed by atoms with Crippen LogP contribution in [0.1, 0.15) is 33.1 Å². The molecule has 3 nitrogen and oxygen atoms in total. The molecule has 1 saturated carbocycles. The monoisotopic (exact) mass is 208 g/mol. The maximum absolute atomic E-state index is 11.4. The molecule has 2 aliphatic carbocycles. The van der Waals surface area contributed by atoms with Crippen molar-refractivity contribution in [3.63, 3.8) is 0 Å². The van der Waals surface area contributed by atoms with Crippen molar-refractivity contribution >= 4 is 11.8 Å². The van der Waals surface area contributed by atoms with Gasteiger partial charge in [-0.05, 0) is 32.6 Å². The zero-order valence-corrected chi connectivity index (χ0v) is 9.16. The van der Waals surface area contributed by atoms with E-state index in [0.717, 1.165) is 12.8 Å². The summed E-state index contributed by atoms with van der Waals surface area (Å²) in [6.45, 7) is 3.38. The molecular weight excluding hydrogens is 192 g/mol. The van der Waals surface area contributed by atoms with E-state index in [9.17, 15) is 9.59 Å². The van der Waals surface area contributed by atoms with E-state index < -0.39 is 0 Å². The Morgan fingerprint density at radius 2 is 2.20 bits per heavy atom. The number of ketones is 1. The fraction of sp³-hybridized carbons (Fsp3) is 0.667. The molecule has 0 aliphatic heterocycles. The van der Waals surface area contributed by atoms with Gasteiger partial charge in [-0.3, -0.25) is 9.59 Å². The Balaban J connectivity index is 1.97. The van der Waals surface area contributed by atoms with E-state index in [4.69, 9.17) is 4.74 Å². The largest absolute Gasteiger partial charge is 0.458 e. The zero-order valence-electron chi connectivity index (χ0n) is 9.16. The minimum atomic E-state index is -0.383. The van der Waals surface area contributed by atoms with Crippen molar-refractivity contribution in [1.82, 2.24) is 0 Å². The van der Waals surface area contributed by atoms with Gasteiger partial charge in [0.25, 0.3) is 0 Å². The molecule has 0 aromatic heterocycles. The number of carbonyl (C=O) groups excluding carboxylic acids is 2. The third-order valence-corrected chi connectivity index (χ3v) is 3.36. The molecule has 0 saturated heterocycles. The highest BCUT2D eigenvalue weighted by Crippen LogP contribution is 2.48. The normalized spacial score (nSPS) is 36.9. The fourth-order valence-electron chi connectivity index (χ4n) is 2.67. The Kier molecular flexibility index (Phi) is 2.41. The first-order valence-electron chi connectivity index (χ1n) is 5.39. The van der Waals surface area contributed by atoms with Gasteiger partial charge in [-0.15, -0.1) is 0 Å². The van der Waals surface area contributed by atoms with Crippen molar-refractivity contribution in [2.75, 3.05) is 0 Å². The van der Waals surface area contributed by atoms with Gasteiger partial charge in [0.05, 0.1) is 0 Å². The van der Waals surface area contributed by atoms with Crippen molar-refractivity contribution in [3.8, 4) is 0 Å². The average molecular weight is 208 g/mol. The number of carbonyl (C=O) groups is 2. The second-order valence-corrected chi connectivity index (χ2v) is 4.86. The third-order valence-electron chi connectivity index (χ3n) is 3.36. The van der Waals surface area contributed by atoms with Crippen molar-refractivity contribution in [1.29, 1.82) is 0 Å². The average Bonchev–Trinajstić information content (AvgIpc) is 2.59. The van der Waals surface area contributed by atoms with Gasteiger partial charge in [0, 0.05) is 5.92 Å². The maximum atomic E-state index is 11.4. The van der Waals surface area contributed by atoms with E-state index in [2.05, 4.69) is 12.2 Å². The topological polar surface area (TPSA) is 43.4 Å².